The Bertz CT molecular complexity index is 539. The smallest absolute Gasteiger partial charge is 0.230 e. The third-order valence-corrected chi connectivity index (χ3v) is 4.78. The molecule has 1 aromatic heterocycles. The predicted molar refractivity (Wildman–Crippen MR) is 80.0 cm³/mol. The van der Waals surface area contributed by atoms with Crippen molar-refractivity contribution >= 4 is 44.9 Å². The van der Waals surface area contributed by atoms with Gasteiger partial charge in [0.05, 0.1) is 11.4 Å². The first-order valence-corrected chi connectivity index (χ1v) is 7.89. The zero-order chi connectivity index (χ0) is 13.0. The molecule has 0 bridgehead atoms. The molecule has 1 heterocycles. The summed E-state index contributed by atoms with van der Waals surface area (Å²) in [6.45, 7) is 0. The predicted octanol–water partition coefficient (Wildman–Crippen LogP) is 3.41. The Labute approximate surface area is 122 Å². The van der Waals surface area contributed by atoms with Crippen LogP contribution >= 0.6 is 39.0 Å². The monoisotopic (exact) mass is 342 g/mol. The molecule has 0 spiro atoms. The van der Waals surface area contributed by atoms with E-state index >= 15 is 0 Å². The maximum absolute atomic E-state index is 11.1. The van der Waals surface area contributed by atoms with Crippen LogP contribution in [-0.2, 0) is 4.79 Å². The molecule has 0 radical (unpaired) electrons. The van der Waals surface area contributed by atoms with Gasteiger partial charge in [-0.05, 0) is 12.1 Å². The van der Waals surface area contributed by atoms with Gasteiger partial charge in [-0.25, -0.2) is 4.98 Å². The van der Waals surface area contributed by atoms with Crippen molar-refractivity contribution < 1.29 is 4.79 Å². The van der Waals surface area contributed by atoms with Gasteiger partial charge >= 0.3 is 0 Å². The second-order valence-electron chi connectivity index (χ2n) is 3.47. The summed E-state index contributed by atoms with van der Waals surface area (Å²) in [5.74, 6) is 0.421. The highest BCUT2D eigenvalue weighted by Crippen LogP contribution is 2.28. The molecule has 1 amide bonds. The summed E-state index contributed by atoms with van der Waals surface area (Å²) in [5.41, 5.74) is 2.04. The summed E-state index contributed by atoms with van der Waals surface area (Å²) >= 11 is 6.42. The zero-order valence-corrected chi connectivity index (χ0v) is 12.9. The lowest BCUT2D eigenvalue weighted by Crippen LogP contribution is -2.19. The molecule has 1 N–H and O–H groups in total. The van der Waals surface area contributed by atoms with E-state index in [4.69, 9.17) is 0 Å². The lowest BCUT2D eigenvalue weighted by atomic mass is 10.2. The summed E-state index contributed by atoms with van der Waals surface area (Å²) in [6, 6.07) is 8.02. The van der Waals surface area contributed by atoms with Crippen LogP contribution in [0.5, 0.6) is 0 Å². The molecule has 94 valence electrons. The van der Waals surface area contributed by atoms with E-state index in [1.54, 1.807) is 18.4 Å². The van der Waals surface area contributed by atoms with Crippen molar-refractivity contribution in [3.05, 3.63) is 34.1 Å². The average Bonchev–Trinajstić information content (AvgIpc) is 2.85. The number of thioether (sulfide) groups is 1. The normalized spacial score (nSPS) is 10.3. The Morgan fingerprint density at radius 3 is 2.83 bits per heavy atom. The first-order chi connectivity index (χ1) is 8.69. The number of hydrogen-bond acceptors (Lipinski definition) is 4. The SMILES string of the molecule is CNC(=O)CSc1nc(-c2ccc(Br)cc2)cs1. The molecule has 18 heavy (non-hydrogen) atoms. The van der Waals surface area contributed by atoms with E-state index in [1.165, 1.54) is 11.8 Å². The fraction of sp³-hybridized carbons (Fsp3) is 0.167. The van der Waals surface area contributed by atoms with Crippen molar-refractivity contribution in [3.63, 3.8) is 0 Å². The fourth-order valence-corrected chi connectivity index (χ4v) is 3.25. The van der Waals surface area contributed by atoms with Crippen molar-refractivity contribution in [2.24, 2.45) is 0 Å². The second-order valence-corrected chi connectivity index (χ2v) is 6.46. The van der Waals surface area contributed by atoms with Gasteiger partial charge in [0, 0.05) is 22.5 Å². The number of benzene rings is 1. The number of halogens is 1. The number of hydrogen-bond donors (Lipinski definition) is 1. The molecule has 6 heteroatoms. The van der Waals surface area contributed by atoms with Crippen molar-refractivity contribution in [3.8, 4) is 11.3 Å². The average molecular weight is 343 g/mol. The topological polar surface area (TPSA) is 42.0 Å². The molecule has 0 fully saturated rings. The Kier molecular flexibility index (Phi) is 4.79. The van der Waals surface area contributed by atoms with E-state index in [0.717, 1.165) is 20.1 Å². The maximum atomic E-state index is 11.1. The van der Waals surface area contributed by atoms with Gasteiger partial charge < -0.3 is 5.32 Å². The van der Waals surface area contributed by atoms with Gasteiger partial charge in [-0.15, -0.1) is 11.3 Å². The minimum atomic E-state index is 0.0143. The van der Waals surface area contributed by atoms with Crippen LogP contribution in [0.25, 0.3) is 11.3 Å². The van der Waals surface area contributed by atoms with E-state index in [9.17, 15) is 4.79 Å². The van der Waals surface area contributed by atoms with Gasteiger partial charge in [0.1, 0.15) is 0 Å². The van der Waals surface area contributed by atoms with Crippen molar-refractivity contribution in [2.75, 3.05) is 12.8 Å². The fourth-order valence-electron chi connectivity index (χ4n) is 1.28. The minimum Gasteiger partial charge on any atom is -0.358 e. The van der Waals surface area contributed by atoms with Crippen LogP contribution in [0, 0.1) is 0 Å². The molecular weight excluding hydrogens is 332 g/mol. The van der Waals surface area contributed by atoms with Gasteiger partial charge in [-0.2, -0.15) is 0 Å². The summed E-state index contributed by atoms with van der Waals surface area (Å²) in [6.07, 6.45) is 0. The molecular formula is C12H11BrN2OS2. The van der Waals surface area contributed by atoms with Crippen LogP contribution < -0.4 is 5.32 Å². The molecule has 1 aromatic carbocycles. The standard InChI is InChI=1S/C12H11BrN2OS2/c1-14-11(16)7-18-12-15-10(6-17-12)8-2-4-9(13)5-3-8/h2-6H,7H2,1H3,(H,14,16). The number of nitrogens with zero attached hydrogens (tertiary/aromatic N) is 1. The number of nitrogens with one attached hydrogen (secondary N) is 1. The maximum Gasteiger partial charge on any atom is 0.230 e. The van der Waals surface area contributed by atoms with Crippen LogP contribution in [0.15, 0.2) is 38.5 Å². The van der Waals surface area contributed by atoms with Gasteiger partial charge in [0.2, 0.25) is 5.91 Å². The molecule has 0 saturated carbocycles. The van der Waals surface area contributed by atoms with E-state index in [1.807, 2.05) is 29.6 Å². The van der Waals surface area contributed by atoms with Crippen LogP contribution in [0.1, 0.15) is 0 Å². The molecule has 0 atom stereocenters. The number of aromatic nitrogens is 1. The first-order valence-electron chi connectivity index (χ1n) is 5.24. The summed E-state index contributed by atoms with van der Waals surface area (Å²) in [4.78, 5) is 15.6. The molecule has 0 aliphatic carbocycles. The molecule has 0 aliphatic heterocycles. The molecule has 2 aromatic rings. The van der Waals surface area contributed by atoms with Gasteiger partial charge in [-0.3, -0.25) is 4.79 Å². The van der Waals surface area contributed by atoms with Crippen molar-refractivity contribution in [2.45, 2.75) is 4.34 Å². The van der Waals surface area contributed by atoms with Crippen molar-refractivity contribution in [1.29, 1.82) is 0 Å². The van der Waals surface area contributed by atoms with Crippen LogP contribution in [0.3, 0.4) is 0 Å². The highest BCUT2D eigenvalue weighted by Gasteiger charge is 2.07. The largest absolute Gasteiger partial charge is 0.358 e. The molecule has 2 rings (SSSR count). The Morgan fingerprint density at radius 1 is 1.44 bits per heavy atom. The first kappa shape index (κ1) is 13.6. The molecule has 0 saturated heterocycles. The minimum absolute atomic E-state index is 0.0143. The summed E-state index contributed by atoms with van der Waals surface area (Å²) < 4.78 is 1.97. The Hall–Kier alpha value is -0.850. The van der Waals surface area contributed by atoms with Crippen molar-refractivity contribution in [1.82, 2.24) is 10.3 Å². The molecule has 0 unspecified atom stereocenters. The van der Waals surface area contributed by atoms with E-state index in [2.05, 4.69) is 26.2 Å². The number of carbonyl (C=O) groups is 1. The lowest BCUT2D eigenvalue weighted by Gasteiger charge is -1.97. The number of amides is 1. The van der Waals surface area contributed by atoms with Gasteiger partial charge in [0.15, 0.2) is 4.34 Å². The third kappa shape index (κ3) is 3.57. The Morgan fingerprint density at radius 2 is 2.17 bits per heavy atom. The highest BCUT2D eigenvalue weighted by molar-refractivity contribution is 9.10. The quantitative estimate of drug-likeness (QED) is 0.865. The lowest BCUT2D eigenvalue weighted by molar-refractivity contribution is -0.118. The van der Waals surface area contributed by atoms with Crippen LogP contribution in [-0.4, -0.2) is 23.7 Å². The number of carbonyl (C=O) groups excluding carboxylic acids is 1. The Balaban J connectivity index is 2.06. The molecule has 0 aliphatic rings. The van der Waals surface area contributed by atoms with E-state index in [-0.39, 0.29) is 5.91 Å². The number of thiazole rings is 1. The third-order valence-electron chi connectivity index (χ3n) is 2.23. The second kappa shape index (κ2) is 6.36. The van der Waals surface area contributed by atoms with Crippen LogP contribution in [0.4, 0.5) is 0 Å². The van der Waals surface area contributed by atoms with Crippen LogP contribution in [0.2, 0.25) is 0 Å². The number of rotatable bonds is 4. The van der Waals surface area contributed by atoms with E-state index in [0.29, 0.717) is 5.75 Å². The highest BCUT2D eigenvalue weighted by atomic mass is 79.9. The van der Waals surface area contributed by atoms with Gasteiger partial charge in [0.25, 0.3) is 0 Å². The zero-order valence-electron chi connectivity index (χ0n) is 9.64. The van der Waals surface area contributed by atoms with E-state index < -0.39 is 0 Å². The summed E-state index contributed by atoms with van der Waals surface area (Å²) in [7, 11) is 1.64. The van der Waals surface area contributed by atoms with Gasteiger partial charge in [-0.1, -0.05) is 39.8 Å². The summed E-state index contributed by atoms with van der Waals surface area (Å²) in [5, 5.41) is 4.60. The molecule has 3 nitrogen and oxygen atoms in total.